The Kier molecular flexibility index (Phi) is 2.68. The number of guanidine groups is 1. The molecule has 0 heterocycles. The zero-order valence-corrected chi connectivity index (χ0v) is 8.11. The number of benzene rings is 1. The summed E-state index contributed by atoms with van der Waals surface area (Å²) >= 11 is 0. The molecule has 0 bridgehead atoms. The summed E-state index contributed by atoms with van der Waals surface area (Å²) in [4.78, 5) is 4.36. The lowest BCUT2D eigenvalue weighted by molar-refractivity contribution is 0.420. The van der Waals surface area contributed by atoms with Gasteiger partial charge < -0.3 is 11.1 Å². The number of nitrogens with two attached hydrogens (primary N) is 1. The number of aliphatic imine (C=N–C) groups is 1. The number of nitrogens with zero attached hydrogens (tertiary/aromatic N) is 1. The first-order valence-electron chi connectivity index (χ1n) is 5.00. The van der Waals surface area contributed by atoms with Crippen LogP contribution < -0.4 is 11.1 Å². The third-order valence-corrected chi connectivity index (χ3v) is 2.44. The SMILES string of the molecule is NC(=NC1CCC1)Nc1ccccc1. The van der Waals surface area contributed by atoms with Crippen LogP contribution in [0.15, 0.2) is 35.3 Å². The van der Waals surface area contributed by atoms with E-state index in [1.165, 1.54) is 19.3 Å². The second kappa shape index (κ2) is 4.13. The Hall–Kier alpha value is -1.51. The standard InChI is InChI=1S/C11H15N3/c12-11(14-10-7-4-8-10)13-9-5-2-1-3-6-9/h1-3,5-6,10H,4,7-8H2,(H3,12,13,14). The van der Waals surface area contributed by atoms with Crippen molar-refractivity contribution < 1.29 is 0 Å². The number of hydrogen-bond donors (Lipinski definition) is 2. The van der Waals surface area contributed by atoms with Crippen molar-refractivity contribution in [3.63, 3.8) is 0 Å². The van der Waals surface area contributed by atoms with Crippen molar-refractivity contribution in [2.45, 2.75) is 25.3 Å². The van der Waals surface area contributed by atoms with Gasteiger partial charge in [0, 0.05) is 5.69 Å². The summed E-state index contributed by atoms with van der Waals surface area (Å²) in [7, 11) is 0. The number of nitrogens with one attached hydrogen (secondary N) is 1. The molecule has 0 aliphatic heterocycles. The summed E-state index contributed by atoms with van der Waals surface area (Å²) in [6.45, 7) is 0. The monoisotopic (exact) mass is 189 g/mol. The fraction of sp³-hybridized carbons (Fsp3) is 0.364. The Morgan fingerprint density at radius 3 is 2.57 bits per heavy atom. The Bertz CT molecular complexity index is 315. The Balaban J connectivity index is 1.93. The molecular weight excluding hydrogens is 174 g/mol. The molecule has 74 valence electrons. The van der Waals surface area contributed by atoms with Gasteiger partial charge in [0.2, 0.25) is 0 Å². The van der Waals surface area contributed by atoms with Gasteiger partial charge in [-0.2, -0.15) is 0 Å². The van der Waals surface area contributed by atoms with Gasteiger partial charge in [0.15, 0.2) is 5.96 Å². The highest BCUT2D eigenvalue weighted by Gasteiger charge is 2.16. The highest BCUT2D eigenvalue weighted by atomic mass is 15.1. The van der Waals surface area contributed by atoms with E-state index in [-0.39, 0.29) is 0 Å². The molecule has 1 saturated carbocycles. The van der Waals surface area contributed by atoms with Crippen LogP contribution in [0, 0.1) is 0 Å². The van der Waals surface area contributed by atoms with Gasteiger partial charge in [0.25, 0.3) is 0 Å². The summed E-state index contributed by atoms with van der Waals surface area (Å²) in [6, 6.07) is 10.3. The van der Waals surface area contributed by atoms with E-state index in [1.54, 1.807) is 0 Å². The second-order valence-electron chi connectivity index (χ2n) is 3.59. The molecule has 14 heavy (non-hydrogen) atoms. The molecule has 0 aromatic heterocycles. The predicted octanol–water partition coefficient (Wildman–Crippen LogP) is 1.97. The van der Waals surface area contributed by atoms with Crippen LogP contribution in [0.2, 0.25) is 0 Å². The molecule has 0 amide bonds. The van der Waals surface area contributed by atoms with Crippen molar-refractivity contribution in [1.29, 1.82) is 0 Å². The van der Waals surface area contributed by atoms with Crippen LogP contribution in [0.25, 0.3) is 0 Å². The molecule has 3 N–H and O–H groups in total. The van der Waals surface area contributed by atoms with Gasteiger partial charge in [-0.05, 0) is 31.4 Å². The topological polar surface area (TPSA) is 50.4 Å². The van der Waals surface area contributed by atoms with E-state index in [1.807, 2.05) is 30.3 Å². The average Bonchev–Trinajstić information content (AvgIpc) is 2.13. The van der Waals surface area contributed by atoms with E-state index in [4.69, 9.17) is 5.73 Å². The lowest BCUT2D eigenvalue weighted by atomic mass is 9.94. The van der Waals surface area contributed by atoms with Crippen LogP contribution >= 0.6 is 0 Å². The number of rotatable bonds is 2. The molecule has 1 aromatic rings. The lowest BCUT2D eigenvalue weighted by Crippen LogP contribution is -2.27. The van der Waals surface area contributed by atoms with Gasteiger partial charge in [-0.3, -0.25) is 0 Å². The molecule has 0 atom stereocenters. The molecule has 3 heteroatoms. The molecule has 1 aromatic carbocycles. The maximum absolute atomic E-state index is 5.75. The van der Waals surface area contributed by atoms with Gasteiger partial charge in [0.05, 0.1) is 6.04 Å². The van der Waals surface area contributed by atoms with Crippen LogP contribution in [0.5, 0.6) is 0 Å². The molecule has 0 spiro atoms. The number of para-hydroxylation sites is 1. The van der Waals surface area contributed by atoms with Crippen molar-refractivity contribution in [3.8, 4) is 0 Å². The Morgan fingerprint density at radius 1 is 1.29 bits per heavy atom. The van der Waals surface area contributed by atoms with Gasteiger partial charge >= 0.3 is 0 Å². The van der Waals surface area contributed by atoms with E-state index in [0.29, 0.717) is 12.0 Å². The first-order chi connectivity index (χ1) is 6.84. The lowest BCUT2D eigenvalue weighted by Gasteiger charge is -2.21. The number of anilines is 1. The minimum Gasteiger partial charge on any atom is -0.370 e. The summed E-state index contributed by atoms with van der Waals surface area (Å²) in [5, 5.41) is 3.07. The maximum Gasteiger partial charge on any atom is 0.193 e. The third-order valence-electron chi connectivity index (χ3n) is 2.44. The molecule has 2 rings (SSSR count). The zero-order valence-electron chi connectivity index (χ0n) is 8.11. The molecule has 3 nitrogen and oxygen atoms in total. The van der Waals surface area contributed by atoms with Crippen molar-refractivity contribution in [2.75, 3.05) is 5.32 Å². The van der Waals surface area contributed by atoms with Crippen LogP contribution in [0.1, 0.15) is 19.3 Å². The fourth-order valence-corrected chi connectivity index (χ4v) is 1.41. The molecule has 1 aliphatic carbocycles. The van der Waals surface area contributed by atoms with Gasteiger partial charge in [-0.25, -0.2) is 4.99 Å². The summed E-state index contributed by atoms with van der Waals surface area (Å²) in [6.07, 6.45) is 3.64. The Morgan fingerprint density at radius 2 is 2.00 bits per heavy atom. The molecular formula is C11H15N3. The van der Waals surface area contributed by atoms with Crippen molar-refractivity contribution in [2.24, 2.45) is 10.7 Å². The summed E-state index contributed by atoms with van der Waals surface area (Å²) in [5.74, 6) is 0.529. The predicted molar refractivity (Wildman–Crippen MR) is 59.3 cm³/mol. The van der Waals surface area contributed by atoms with Gasteiger partial charge in [-0.15, -0.1) is 0 Å². The van der Waals surface area contributed by atoms with E-state index in [9.17, 15) is 0 Å². The maximum atomic E-state index is 5.75. The van der Waals surface area contributed by atoms with E-state index in [0.717, 1.165) is 5.69 Å². The zero-order chi connectivity index (χ0) is 9.80. The molecule has 0 radical (unpaired) electrons. The minimum absolute atomic E-state index is 0.450. The highest BCUT2D eigenvalue weighted by Crippen LogP contribution is 2.21. The highest BCUT2D eigenvalue weighted by molar-refractivity contribution is 5.92. The average molecular weight is 189 g/mol. The first-order valence-corrected chi connectivity index (χ1v) is 5.00. The van der Waals surface area contributed by atoms with Crippen molar-refractivity contribution >= 4 is 11.6 Å². The third kappa shape index (κ3) is 2.25. The smallest absolute Gasteiger partial charge is 0.193 e. The quantitative estimate of drug-likeness (QED) is 0.552. The second-order valence-corrected chi connectivity index (χ2v) is 3.59. The van der Waals surface area contributed by atoms with Crippen molar-refractivity contribution in [3.05, 3.63) is 30.3 Å². The Labute approximate surface area is 84.0 Å². The van der Waals surface area contributed by atoms with Gasteiger partial charge in [-0.1, -0.05) is 18.2 Å². The van der Waals surface area contributed by atoms with Crippen LogP contribution in [0.3, 0.4) is 0 Å². The minimum atomic E-state index is 0.450. The molecule has 1 aliphatic rings. The van der Waals surface area contributed by atoms with Crippen LogP contribution in [-0.2, 0) is 0 Å². The largest absolute Gasteiger partial charge is 0.370 e. The van der Waals surface area contributed by atoms with E-state index >= 15 is 0 Å². The van der Waals surface area contributed by atoms with Crippen molar-refractivity contribution in [1.82, 2.24) is 0 Å². The summed E-state index contributed by atoms with van der Waals surface area (Å²) < 4.78 is 0. The van der Waals surface area contributed by atoms with Crippen LogP contribution in [-0.4, -0.2) is 12.0 Å². The normalized spacial score (nSPS) is 17.6. The van der Waals surface area contributed by atoms with E-state index < -0.39 is 0 Å². The summed E-state index contributed by atoms with van der Waals surface area (Å²) in [5.41, 5.74) is 6.75. The first kappa shape index (κ1) is 9.06. The van der Waals surface area contributed by atoms with Gasteiger partial charge in [0.1, 0.15) is 0 Å². The van der Waals surface area contributed by atoms with E-state index in [2.05, 4.69) is 10.3 Å². The fourth-order valence-electron chi connectivity index (χ4n) is 1.41. The molecule has 0 unspecified atom stereocenters. The molecule has 1 fully saturated rings. The molecule has 0 saturated heterocycles. The van der Waals surface area contributed by atoms with Crippen LogP contribution in [0.4, 0.5) is 5.69 Å². The number of hydrogen-bond acceptors (Lipinski definition) is 1.